The Balaban J connectivity index is 1.83. The highest BCUT2D eigenvalue weighted by atomic mass is 19.1. The first kappa shape index (κ1) is 17.3. The zero-order valence-electron chi connectivity index (χ0n) is 14.4. The number of Topliss-reactive ketones (excluding diaryl/α,β-unsaturated/α-hetero) is 1. The summed E-state index contributed by atoms with van der Waals surface area (Å²) in [6.07, 6.45) is 0. The fourth-order valence-corrected chi connectivity index (χ4v) is 3.32. The Bertz CT molecular complexity index is 933. The number of quaternary nitrogens is 1. The predicted octanol–water partition coefficient (Wildman–Crippen LogP) is 3.65. The Morgan fingerprint density at radius 1 is 1.12 bits per heavy atom. The average Bonchev–Trinajstić information content (AvgIpc) is 2.89. The molecule has 2 aromatic carbocycles. The lowest BCUT2D eigenvalue weighted by Gasteiger charge is -2.17. The van der Waals surface area contributed by atoms with Crippen molar-refractivity contribution in [3.8, 4) is 0 Å². The molecule has 0 spiro atoms. The second-order valence-corrected chi connectivity index (χ2v) is 6.47. The zero-order valence-corrected chi connectivity index (χ0v) is 14.4. The van der Waals surface area contributed by atoms with E-state index in [9.17, 15) is 13.6 Å². The molecule has 3 aromatic rings. The Morgan fingerprint density at radius 3 is 2.56 bits per heavy atom. The Kier molecular flexibility index (Phi) is 4.68. The van der Waals surface area contributed by atoms with Gasteiger partial charge in [-0.15, -0.1) is 0 Å². The molecule has 5 heteroatoms. The number of benzene rings is 2. The Hall–Kier alpha value is -2.53. The number of halogens is 2. The lowest BCUT2D eigenvalue weighted by molar-refractivity contribution is -0.709. The van der Waals surface area contributed by atoms with Gasteiger partial charge in [0, 0.05) is 28.2 Å². The van der Waals surface area contributed by atoms with Gasteiger partial charge < -0.3 is 10.3 Å². The maximum atomic E-state index is 13.9. The van der Waals surface area contributed by atoms with Gasteiger partial charge in [-0.05, 0) is 39.0 Å². The summed E-state index contributed by atoms with van der Waals surface area (Å²) in [7, 11) is 0. The first-order chi connectivity index (χ1) is 11.9. The maximum absolute atomic E-state index is 13.9. The zero-order chi connectivity index (χ0) is 18.1. The molecule has 0 amide bonds. The van der Waals surface area contributed by atoms with Crippen molar-refractivity contribution < 1.29 is 18.9 Å². The highest BCUT2D eigenvalue weighted by molar-refractivity contribution is 6.10. The van der Waals surface area contributed by atoms with Crippen LogP contribution in [-0.4, -0.2) is 16.8 Å². The molecule has 25 heavy (non-hydrogen) atoms. The minimum atomic E-state index is -0.605. The molecule has 0 aliphatic rings. The highest BCUT2D eigenvalue weighted by Crippen LogP contribution is 2.23. The molecule has 3 N–H and O–H groups in total. The van der Waals surface area contributed by atoms with Crippen LogP contribution in [0.25, 0.3) is 10.9 Å². The predicted molar refractivity (Wildman–Crippen MR) is 93.5 cm³/mol. The summed E-state index contributed by atoms with van der Waals surface area (Å²) in [5.41, 5.74) is 2.81. The quantitative estimate of drug-likeness (QED) is 0.683. The number of H-pyrrole nitrogens is 1. The number of ketones is 1. The first-order valence-electron chi connectivity index (χ1n) is 8.30. The molecule has 0 aliphatic heterocycles. The SMILES string of the molecule is Cc1[nH]c2ccccc2c1C(=O)[C@@H](C)[NH2+][C@H](C)c1ccc(F)cc1F. The van der Waals surface area contributed by atoms with Crippen LogP contribution in [-0.2, 0) is 0 Å². The molecule has 2 atom stereocenters. The van der Waals surface area contributed by atoms with E-state index in [4.69, 9.17) is 0 Å². The van der Waals surface area contributed by atoms with Crippen molar-refractivity contribution in [2.75, 3.05) is 0 Å². The molecule has 1 heterocycles. The number of aromatic nitrogens is 1. The molecule has 1 aromatic heterocycles. The van der Waals surface area contributed by atoms with Gasteiger partial charge >= 0.3 is 0 Å². The van der Waals surface area contributed by atoms with Crippen molar-refractivity contribution in [1.82, 2.24) is 4.98 Å². The van der Waals surface area contributed by atoms with Gasteiger partial charge in [0.05, 0.1) is 5.56 Å². The summed E-state index contributed by atoms with van der Waals surface area (Å²) >= 11 is 0. The number of rotatable bonds is 5. The van der Waals surface area contributed by atoms with Crippen LogP contribution in [0.1, 0.15) is 41.5 Å². The number of fused-ring (bicyclic) bond motifs is 1. The molecular weight excluding hydrogens is 322 g/mol. The van der Waals surface area contributed by atoms with Crippen molar-refractivity contribution in [3.05, 3.63) is 70.9 Å². The van der Waals surface area contributed by atoms with Crippen molar-refractivity contribution in [2.45, 2.75) is 32.9 Å². The van der Waals surface area contributed by atoms with Gasteiger partial charge in [0.25, 0.3) is 0 Å². The summed E-state index contributed by atoms with van der Waals surface area (Å²) in [4.78, 5) is 16.2. The van der Waals surface area contributed by atoms with E-state index in [-0.39, 0.29) is 11.8 Å². The molecule has 0 aliphatic carbocycles. The summed E-state index contributed by atoms with van der Waals surface area (Å²) in [5.74, 6) is -1.21. The van der Waals surface area contributed by atoms with Crippen LogP contribution in [0.3, 0.4) is 0 Å². The van der Waals surface area contributed by atoms with E-state index in [0.29, 0.717) is 11.1 Å². The second-order valence-electron chi connectivity index (χ2n) is 6.47. The molecule has 0 fully saturated rings. The highest BCUT2D eigenvalue weighted by Gasteiger charge is 2.26. The summed E-state index contributed by atoms with van der Waals surface area (Å²) < 4.78 is 27.0. The third kappa shape index (κ3) is 3.33. The van der Waals surface area contributed by atoms with E-state index in [0.717, 1.165) is 22.7 Å². The van der Waals surface area contributed by atoms with E-state index < -0.39 is 17.7 Å². The third-order valence-corrected chi connectivity index (χ3v) is 4.58. The van der Waals surface area contributed by atoms with Crippen LogP contribution in [0.4, 0.5) is 8.78 Å². The van der Waals surface area contributed by atoms with Gasteiger partial charge in [0.15, 0.2) is 0 Å². The summed E-state index contributed by atoms with van der Waals surface area (Å²) in [6.45, 7) is 5.49. The number of hydrogen-bond donors (Lipinski definition) is 2. The van der Waals surface area contributed by atoms with E-state index in [1.165, 1.54) is 12.1 Å². The minimum absolute atomic E-state index is 0.00989. The molecule has 3 rings (SSSR count). The summed E-state index contributed by atoms with van der Waals surface area (Å²) in [5, 5.41) is 2.70. The largest absolute Gasteiger partial charge is 0.358 e. The number of carbonyl (C=O) groups excluding carboxylic acids is 1. The second kappa shape index (κ2) is 6.76. The van der Waals surface area contributed by atoms with Crippen LogP contribution < -0.4 is 5.32 Å². The van der Waals surface area contributed by atoms with Crippen molar-refractivity contribution in [2.24, 2.45) is 0 Å². The third-order valence-electron chi connectivity index (χ3n) is 4.58. The van der Waals surface area contributed by atoms with Crippen LogP contribution in [0.2, 0.25) is 0 Å². The smallest absolute Gasteiger partial charge is 0.221 e. The van der Waals surface area contributed by atoms with Crippen LogP contribution >= 0.6 is 0 Å². The molecule has 0 radical (unpaired) electrons. The first-order valence-corrected chi connectivity index (χ1v) is 8.30. The lowest BCUT2D eigenvalue weighted by Crippen LogP contribution is -2.91. The topological polar surface area (TPSA) is 49.5 Å². The van der Waals surface area contributed by atoms with E-state index in [1.54, 1.807) is 5.32 Å². The van der Waals surface area contributed by atoms with Crippen molar-refractivity contribution in [3.63, 3.8) is 0 Å². The normalized spacial score (nSPS) is 13.8. The van der Waals surface area contributed by atoms with E-state index in [2.05, 4.69) is 4.98 Å². The average molecular weight is 343 g/mol. The number of aromatic amines is 1. The number of para-hydroxylation sites is 1. The van der Waals surface area contributed by atoms with E-state index >= 15 is 0 Å². The fraction of sp³-hybridized carbons (Fsp3) is 0.250. The number of nitrogens with one attached hydrogen (secondary N) is 1. The number of aryl methyl sites for hydroxylation is 1. The van der Waals surface area contributed by atoms with Crippen LogP contribution in [0.15, 0.2) is 42.5 Å². The molecule has 130 valence electrons. The standard InChI is InChI=1S/C20H20F2N2O/c1-11(15-9-8-14(21)10-17(15)22)23-13(3)20(25)19-12(2)24-18-7-5-4-6-16(18)19/h4-11,13,23-24H,1-3H3/p+1/t11-,13-/m1/s1. The molecule has 0 unspecified atom stereocenters. The van der Waals surface area contributed by atoms with Gasteiger partial charge in [-0.3, -0.25) is 4.79 Å². The Morgan fingerprint density at radius 2 is 1.84 bits per heavy atom. The molecule has 0 saturated heterocycles. The molecule has 0 bridgehead atoms. The van der Waals surface area contributed by atoms with E-state index in [1.807, 2.05) is 45.0 Å². The van der Waals surface area contributed by atoms with Gasteiger partial charge in [-0.2, -0.15) is 0 Å². The number of carbonyl (C=O) groups is 1. The van der Waals surface area contributed by atoms with Crippen molar-refractivity contribution in [1.29, 1.82) is 0 Å². The monoisotopic (exact) mass is 343 g/mol. The molecule has 0 saturated carbocycles. The fourth-order valence-electron chi connectivity index (χ4n) is 3.32. The van der Waals surface area contributed by atoms with Crippen LogP contribution in [0, 0.1) is 18.6 Å². The van der Waals surface area contributed by atoms with Gasteiger partial charge in [-0.25, -0.2) is 8.78 Å². The number of nitrogens with two attached hydrogens (primary N) is 1. The number of hydrogen-bond acceptors (Lipinski definition) is 1. The van der Waals surface area contributed by atoms with Gasteiger partial charge in [0.2, 0.25) is 5.78 Å². The minimum Gasteiger partial charge on any atom is -0.358 e. The molecular formula is C20H21F2N2O+. The Labute approximate surface area is 145 Å². The van der Waals surface area contributed by atoms with Crippen molar-refractivity contribution >= 4 is 16.7 Å². The van der Waals surface area contributed by atoms with Crippen LogP contribution in [0.5, 0.6) is 0 Å². The maximum Gasteiger partial charge on any atom is 0.221 e. The lowest BCUT2D eigenvalue weighted by atomic mass is 10.00. The van der Waals surface area contributed by atoms with Gasteiger partial charge in [-0.1, -0.05) is 18.2 Å². The summed E-state index contributed by atoms with van der Waals surface area (Å²) in [6, 6.07) is 10.5. The molecule has 3 nitrogen and oxygen atoms in total. The van der Waals surface area contributed by atoms with Gasteiger partial charge in [0.1, 0.15) is 23.7 Å².